The molecular weight excluding hydrogens is 236 g/mol. The minimum Gasteiger partial charge on any atom is -0.394 e. The van der Waals surface area contributed by atoms with Gasteiger partial charge in [0.05, 0.1) is 12.6 Å². The van der Waals surface area contributed by atoms with Crippen LogP contribution in [-0.4, -0.2) is 24.3 Å². The standard InChI is InChI=1S/C13H19ClN2O/c1-9-4-5-16(13(9)8-17)12-3-2-11(14)6-10(12)7-15/h2-3,6,9,13,17H,4-5,7-8,15H2,1H3. The van der Waals surface area contributed by atoms with Crippen molar-refractivity contribution in [3.05, 3.63) is 28.8 Å². The van der Waals surface area contributed by atoms with Crippen LogP contribution in [0.3, 0.4) is 0 Å². The fourth-order valence-electron chi connectivity index (χ4n) is 2.58. The Morgan fingerprint density at radius 2 is 2.29 bits per heavy atom. The van der Waals surface area contributed by atoms with E-state index in [4.69, 9.17) is 17.3 Å². The first kappa shape index (κ1) is 12.7. The number of benzene rings is 1. The van der Waals surface area contributed by atoms with Crippen molar-refractivity contribution in [2.75, 3.05) is 18.1 Å². The second kappa shape index (κ2) is 5.25. The van der Waals surface area contributed by atoms with Gasteiger partial charge in [-0.25, -0.2) is 0 Å². The highest BCUT2D eigenvalue weighted by molar-refractivity contribution is 6.30. The molecule has 4 heteroatoms. The van der Waals surface area contributed by atoms with Gasteiger partial charge in [-0.15, -0.1) is 0 Å². The number of aliphatic hydroxyl groups excluding tert-OH is 1. The molecule has 1 aromatic rings. The molecule has 1 aromatic carbocycles. The molecule has 3 N–H and O–H groups in total. The van der Waals surface area contributed by atoms with Crippen molar-refractivity contribution in [1.29, 1.82) is 0 Å². The molecule has 1 heterocycles. The zero-order chi connectivity index (χ0) is 12.4. The van der Waals surface area contributed by atoms with Crippen LogP contribution in [0.25, 0.3) is 0 Å². The molecule has 1 aliphatic rings. The van der Waals surface area contributed by atoms with Gasteiger partial charge in [0.2, 0.25) is 0 Å². The van der Waals surface area contributed by atoms with Gasteiger partial charge in [0.15, 0.2) is 0 Å². The third-order valence-electron chi connectivity index (χ3n) is 3.64. The summed E-state index contributed by atoms with van der Waals surface area (Å²) in [6, 6.07) is 5.99. The summed E-state index contributed by atoms with van der Waals surface area (Å²) in [5.74, 6) is 0.515. The summed E-state index contributed by atoms with van der Waals surface area (Å²) in [5, 5.41) is 10.2. The largest absolute Gasteiger partial charge is 0.394 e. The SMILES string of the molecule is CC1CCN(c2ccc(Cl)cc2CN)C1CO. The molecule has 0 spiro atoms. The zero-order valence-corrected chi connectivity index (χ0v) is 10.8. The molecule has 0 bridgehead atoms. The maximum atomic E-state index is 9.49. The van der Waals surface area contributed by atoms with Crippen LogP contribution in [0.1, 0.15) is 18.9 Å². The van der Waals surface area contributed by atoms with Crippen LogP contribution in [0.4, 0.5) is 5.69 Å². The van der Waals surface area contributed by atoms with Gasteiger partial charge < -0.3 is 15.7 Å². The van der Waals surface area contributed by atoms with Crippen LogP contribution in [0.5, 0.6) is 0 Å². The van der Waals surface area contributed by atoms with Crippen molar-refractivity contribution >= 4 is 17.3 Å². The van der Waals surface area contributed by atoms with E-state index < -0.39 is 0 Å². The monoisotopic (exact) mass is 254 g/mol. The van der Waals surface area contributed by atoms with Gasteiger partial charge in [0, 0.05) is 23.8 Å². The predicted octanol–water partition coefficient (Wildman–Crippen LogP) is 2.01. The van der Waals surface area contributed by atoms with Crippen molar-refractivity contribution < 1.29 is 5.11 Å². The van der Waals surface area contributed by atoms with E-state index in [1.807, 2.05) is 18.2 Å². The van der Waals surface area contributed by atoms with Crippen molar-refractivity contribution in [3.8, 4) is 0 Å². The lowest BCUT2D eigenvalue weighted by atomic mass is 10.0. The van der Waals surface area contributed by atoms with Crippen LogP contribution < -0.4 is 10.6 Å². The van der Waals surface area contributed by atoms with Crippen LogP contribution >= 0.6 is 11.6 Å². The van der Waals surface area contributed by atoms with Gasteiger partial charge in [0.25, 0.3) is 0 Å². The fourth-order valence-corrected chi connectivity index (χ4v) is 2.78. The summed E-state index contributed by atoms with van der Waals surface area (Å²) in [4.78, 5) is 2.25. The van der Waals surface area contributed by atoms with E-state index in [0.29, 0.717) is 17.5 Å². The first-order valence-electron chi connectivity index (χ1n) is 6.03. The molecule has 0 saturated carbocycles. The summed E-state index contributed by atoms with van der Waals surface area (Å²) in [6.45, 7) is 3.81. The molecule has 0 aliphatic carbocycles. The topological polar surface area (TPSA) is 49.5 Å². The summed E-state index contributed by atoms with van der Waals surface area (Å²) < 4.78 is 0. The molecule has 1 aliphatic heterocycles. The average molecular weight is 255 g/mol. The van der Waals surface area contributed by atoms with Gasteiger partial charge in [-0.05, 0) is 36.1 Å². The van der Waals surface area contributed by atoms with Crippen LogP contribution in [0.15, 0.2) is 18.2 Å². The van der Waals surface area contributed by atoms with E-state index >= 15 is 0 Å². The van der Waals surface area contributed by atoms with Crippen LogP contribution in [0.2, 0.25) is 5.02 Å². The maximum Gasteiger partial charge on any atom is 0.0637 e. The Morgan fingerprint density at radius 3 is 2.94 bits per heavy atom. The average Bonchev–Trinajstić information content (AvgIpc) is 2.70. The number of hydrogen-bond acceptors (Lipinski definition) is 3. The lowest BCUT2D eigenvalue weighted by Gasteiger charge is -2.29. The van der Waals surface area contributed by atoms with Crippen molar-refractivity contribution in [3.63, 3.8) is 0 Å². The summed E-state index contributed by atoms with van der Waals surface area (Å²) in [7, 11) is 0. The van der Waals surface area contributed by atoms with E-state index in [9.17, 15) is 5.11 Å². The molecule has 0 amide bonds. The second-order valence-corrected chi connectivity index (χ2v) is 5.12. The van der Waals surface area contributed by atoms with Crippen LogP contribution in [0, 0.1) is 5.92 Å². The van der Waals surface area contributed by atoms with Gasteiger partial charge in [-0.1, -0.05) is 18.5 Å². The van der Waals surface area contributed by atoms with E-state index in [2.05, 4.69) is 11.8 Å². The number of nitrogens with two attached hydrogens (primary N) is 1. The number of nitrogens with zero attached hydrogens (tertiary/aromatic N) is 1. The number of hydrogen-bond donors (Lipinski definition) is 2. The van der Waals surface area contributed by atoms with E-state index in [1.165, 1.54) is 0 Å². The molecular formula is C13H19ClN2O. The third-order valence-corrected chi connectivity index (χ3v) is 3.88. The van der Waals surface area contributed by atoms with E-state index in [0.717, 1.165) is 24.2 Å². The predicted molar refractivity (Wildman–Crippen MR) is 71.3 cm³/mol. The summed E-state index contributed by atoms with van der Waals surface area (Å²) in [5.41, 5.74) is 7.92. The van der Waals surface area contributed by atoms with Gasteiger partial charge in [-0.3, -0.25) is 0 Å². The maximum absolute atomic E-state index is 9.49. The molecule has 17 heavy (non-hydrogen) atoms. The smallest absolute Gasteiger partial charge is 0.0637 e. The second-order valence-electron chi connectivity index (χ2n) is 4.69. The fraction of sp³-hybridized carbons (Fsp3) is 0.538. The molecule has 1 fully saturated rings. The quantitative estimate of drug-likeness (QED) is 0.868. The number of rotatable bonds is 3. The third kappa shape index (κ3) is 2.41. The molecule has 2 rings (SSSR count). The molecule has 1 saturated heterocycles. The Bertz CT molecular complexity index is 397. The van der Waals surface area contributed by atoms with Crippen molar-refractivity contribution in [2.24, 2.45) is 11.7 Å². The Labute approximate surface area is 107 Å². The van der Waals surface area contributed by atoms with E-state index in [-0.39, 0.29) is 12.6 Å². The normalized spacial score (nSPS) is 24.4. The molecule has 3 nitrogen and oxygen atoms in total. The molecule has 2 unspecified atom stereocenters. The molecule has 0 aromatic heterocycles. The lowest BCUT2D eigenvalue weighted by Crippen LogP contribution is -2.35. The lowest BCUT2D eigenvalue weighted by molar-refractivity contribution is 0.244. The first-order chi connectivity index (χ1) is 8.17. The highest BCUT2D eigenvalue weighted by Crippen LogP contribution is 2.32. The Hall–Kier alpha value is -0.770. The van der Waals surface area contributed by atoms with Crippen molar-refractivity contribution in [1.82, 2.24) is 0 Å². The summed E-state index contributed by atoms with van der Waals surface area (Å²) in [6.07, 6.45) is 1.11. The Kier molecular flexibility index (Phi) is 3.92. The molecule has 0 radical (unpaired) electrons. The minimum absolute atomic E-state index is 0.188. The highest BCUT2D eigenvalue weighted by Gasteiger charge is 2.31. The highest BCUT2D eigenvalue weighted by atomic mass is 35.5. The van der Waals surface area contributed by atoms with Gasteiger partial charge >= 0.3 is 0 Å². The number of halogens is 1. The Morgan fingerprint density at radius 1 is 1.53 bits per heavy atom. The molecule has 2 atom stereocenters. The number of anilines is 1. The zero-order valence-electron chi connectivity index (χ0n) is 10.1. The minimum atomic E-state index is 0.188. The summed E-state index contributed by atoms with van der Waals surface area (Å²) >= 11 is 5.98. The van der Waals surface area contributed by atoms with Gasteiger partial charge in [-0.2, -0.15) is 0 Å². The van der Waals surface area contributed by atoms with Crippen molar-refractivity contribution in [2.45, 2.75) is 25.9 Å². The Balaban J connectivity index is 2.33. The van der Waals surface area contributed by atoms with Crippen LogP contribution in [-0.2, 0) is 6.54 Å². The number of aliphatic hydroxyl groups is 1. The first-order valence-corrected chi connectivity index (χ1v) is 6.41. The molecule has 94 valence electrons. The van der Waals surface area contributed by atoms with E-state index in [1.54, 1.807) is 0 Å². The van der Waals surface area contributed by atoms with Gasteiger partial charge in [0.1, 0.15) is 0 Å².